The van der Waals surface area contributed by atoms with Crippen LogP contribution in [0.3, 0.4) is 0 Å². The van der Waals surface area contributed by atoms with Gasteiger partial charge in [0.05, 0.1) is 23.6 Å². The average Bonchev–Trinajstić information content (AvgIpc) is 2.90. The molecule has 0 bridgehead atoms. The van der Waals surface area contributed by atoms with Crippen LogP contribution < -0.4 is 5.32 Å². The Kier molecular flexibility index (Phi) is 4.96. The molecule has 1 amide bonds. The molecular formula is C14H13ClF3N3O2. The fourth-order valence-electron chi connectivity index (χ4n) is 1.90. The second-order valence-corrected chi connectivity index (χ2v) is 5.29. The van der Waals surface area contributed by atoms with Crippen molar-refractivity contribution in [1.82, 2.24) is 15.1 Å². The molecule has 0 spiro atoms. The number of nitrogens with one attached hydrogen (secondary N) is 1. The van der Waals surface area contributed by atoms with Crippen molar-refractivity contribution < 1.29 is 23.1 Å². The topological polar surface area (TPSA) is 67.2 Å². The number of benzene rings is 1. The van der Waals surface area contributed by atoms with Gasteiger partial charge in [0, 0.05) is 11.6 Å². The van der Waals surface area contributed by atoms with Crippen LogP contribution in [0.2, 0.25) is 5.02 Å². The summed E-state index contributed by atoms with van der Waals surface area (Å²) in [6.07, 6.45) is -4.82. The number of hydrogen-bond donors (Lipinski definition) is 2. The van der Waals surface area contributed by atoms with E-state index in [4.69, 9.17) is 16.7 Å². The van der Waals surface area contributed by atoms with E-state index in [1.54, 1.807) is 0 Å². The predicted molar refractivity (Wildman–Crippen MR) is 77.6 cm³/mol. The minimum atomic E-state index is -4.78. The van der Waals surface area contributed by atoms with Crippen molar-refractivity contribution in [2.24, 2.45) is 0 Å². The molecule has 5 nitrogen and oxygen atoms in total. The van der Waals surface area contributed by atoms with Crippen LogP contribution >= 0.6 is 11.6 Å². The number of aliphatic hydroxyl groups excluding tert-OH is 1. The van der Waals surface area contributed by atoms with Crippen molar-refractivity contribution in [3.63, 3.8) is 0 Å². The first-order valence-corrected chi connectivity index (χ1v) is 6.95. The Labute approximate surface area is 134 Å². The zero-order valence-corrected chi connectivity index (χ0v) is 12.7. The van der Waals surface area contributed by atoms with Crippen molar-refractivity contribution in [1.29, 1.82) is 0 Å². The zero-order valence-electron chi connectivity index (χ0n) is 11.9. The molecule has 0 saturated carbocycles. The van der Waals surface area contributed by atoms with Crippen molar-refractivity contribution in [3.05, 3.63) is 46.7 Å². The molecule has 1 aromatic carbocycles. The Morgan fingerprint density at radius 1 is 1.39 bits per heavy atom. The number of aromatic nitrogens is 2. The minimum absolute atomic E-state index is 0.122. The molecule has 0 aliphatic rings. The standard InChI is InChI=1S/C14H13ClF3N3O2/c1-8(22)6-19-13(23)11-7-20-21(12(11)14(16,17)18)10-4-2-9(15)3-5-10/h2-5,7-8,22H,6H2,1H3,(H,19,23). The fraction of sp³-hybridized carbons (Fsp3) is 0.286. The highest BCUT2D eigenvalue weighted by molar-refractivity contribution is 6.30. The maximum atomic E-state index is 13.4. The summed E-state index contributed by atoms with van der Waals surface area (Å²) in [4.78, 5) is 11.9. The molecule has 1 aromatic heterocycles. The van der Waals surface area contributed by atoms with Crippen LogP contribution in [0.4, 0.5) is 13.2 Å². The lowest BCUT2D eigenvalue weighted by Gasteiger charge is -2.13. The molecule has 2 N–H and O–H groups in total. The zero-order chi connectivity index (χ0) is 17.2. The van der Waals surface area contributed by atoms with E-state index in [-0.39, 0.29) is 12.2 Å². The summed E-state index contributed by atoms with van der Waals surface area (Å²) < 4.78 is 40.7. The Hall–Kier alpha value is -2.06. The van der Waals surface area contributed by atoms with Gasteiger partial charge in [-0.15, -0.1) is 0 Å². The summed E-state index contributed by atoms with van der Waals surface area (Å²) in [5.41, 5.74) is -1.69. The van der Waals surface area contributed by atoms with Crippen LogP contribution in [0, 0.1) is 0 Å². The molecule has 0 saturated heterocycles. The second-order valence-electron chi connectivity index (χ2n) is 4.85. The molecule has 1 heterocycles. The third kappa shape index (κ3) is 4.02. The maximum absolute atomic E-state index is 13.4. The highest BCUT2D eigenvalue weighted by Crippen LogP contribution is 2.33. The molecule has 1 atom stereocenters. The van der Waals surface area contributed by atoms with Crippen molar-refractivity contribution >= 4 is 17.5 Å². The summed E-state index contributed by atoms with van der Waals surface area (Å²) in [5, 5.41) is 15.4. The van der Waals surface area contributed by atoms with E-state index in [1.807, 2.05) is 0 Å². The summed E-state index contributed by atoms with van der Waals surface area (Å²) >= 11 is 5.72. The Morgan fingerprint density at radius 3 is 2.52 bits per heavy atom. The van der Waals surface area contributed by atoms with E-state index in [2.05, 4.69) is 10.4 Å². The van der Waals surface area contributed by atoms with E-state index in [0.29, 0.717) is 9.70 Å². The number of carbonyl (C=O) groups is 1. The van der Waals surface area contributed by atoms with Crippen molar-refractivity contribution in [3.8, 4) is 5.69 Å². The van der Waals surface area contributed by atoms with Crippen molar-refractivity contribution in [2.45, 2.75) is 19.2 Å². The number of hydrogen-bond acceptors (Lipinski definition) is 3. The molecule has 23 heavy (non-hydrogen) atoms. The van der Waals surface area contributed by atoms with Crippen molar-refractivity contribution in [2.75, 3.05) is 6.54 Å². The summed E-state index contributed by atoms with van der Waals surface area (Å²) in [6.45, 7) is 1.24. The van der Waals surface area contributed by atoms with Crippen LogP contribution in [0.1, 0.15) is 23.0 Å². The first-order chi connectivity index (χ1) is 10.7. The van der Waals surface area contributed by atoms with Gasteiger partial charge in [0.25, 0.3) is 5.91 Å². The number of alkyl halides is 3. The maximum Gasteiger partial charge on any atom is 0.434 e. The Balaban J connectivity index is 2.45. The summed E-state index contributed by atoms with van der Waals surface area (Å²) in [7, 11) is 0. The van der Waals surface area contributed by atoms with Gasteiger partial charge in [-0.2, -0.15) is 18.3 Å². The molecule has 0 aliphatic heterocycles. The second kappa shape index (κ2) is 6.59. The molecule has 0 aliphatic carbocycles. The highest BCUT2D eigenvalue weighted by Gasteiger charge is 2.40. The van der Waals surface area contributed by atoms with E-state index in [0.717, 1.165) is 6.20 Å². The third-order valence-corrected chi connectivity index (χ3v) is 3.16. The van der Waals surface area contributed by atoms with Gasteiger partial charge < -0.3 is 10.4 Å². The number of carbonyl (C=O) groups excluding carboxylic acids is 1. The fourth-order valence-corrected chi connectivity index (χ4v) is 2.03. The molecule has 1 unspecified atom stereocenters. The molecule has 124 valence electrons. The van der Waals surface area contributed by atoms with E-state index >= 15 is 0 Å². The monoisotopic (exact) mass is 347 g/mol. The van der Waals surface area contributed by atoms with E-state index in [9.17, 15) is 18.0 Å². The van der Waals surface area contributed by atoms with Gasteiger partial charge >= 0.3 is 6.18 Å². The molecule has 9 heteroatoms. The molecule has 2 aromatic rings. The number of amides is 1. The minimum Gasteiger partial charge on any atom is -0.392 e. The normalized spacial score (nSPS) is 13.0. The summed E-state index contributed by atoms with van der Waals surface area (Å²) in [6, 6.07) is 5.57. The van der Waals surface area contributed by atoms with Gasteiger partial charge in [-0.05, 0) is 31.2 Å². The van der Waals surface area contributed by atoms with E-state index in [1.165, 1.54) is 31.2 Å². The number of halogens is 4. The third-order valence-electron chi connectivity index (χ3n) is 2.91. The molecular weight excluding hydrogens is 335 g/mol. The lowest BCUT2D eigenvalue weighted by atomic mass is 10.2. The smallest absolute Gasteiger partial charge is 0.392 e. The van der Waals surface area contributed by atoms with Crippen LogP contribution in [0.15, 0.2) is 30.5 Å². The lowest BCUT2D eigenvalue weighted by Crippen LogP contribution is -2.32. The van der Waals surface area contributed by atoms with Gasteiger partial charge in [-0.1, -0.05) is 11.6 Å². The first-order valence-electron chi connectivity index (χ1n) is 6.57. The Morgan fingerprint density at radius 2 is 2.00 bits per heavy atom. The highest BCUT2D eigenvalue weighted by atomic mass is 35.5. The largest absolute Gasteiger partial charge is 0.434 e. The number of nitrogens with zero attached hydrogens (tertiary/aromatic N) is 2. The quantitative estimate of drug-likeness (QED) is 0.893. The first kappa shape index (κ1) is 17.3. The molecule has 0 fully saturated rings. The average molecular weight is 348 g/mol. The molecule has 2 rings (SSSR count). The number of rotatable bonds is 4. The van der Waals surface area contributed by atoms with Gasteiger partial charge in [0.15, 0.2) is 5.69 Å². The molecule has 0 radical (unpaired) electrons. The van der Waals surface area contributed by atoms with Gasteiger partial charge in [0.2, 0.25) is 0 Å². The van der Waals surface area contributed by atoms with Gasteiger partial charge in [0.1, 0.15) is 0 Å². The SMILES string of the molecule is CC(O)CNC(=O)c1cnn(-c2ccc(Cl)cc2)c1C(F)(F)F. The van der Waals surface area contributed by atoms with Crippen LogP contribution in [0.5, 0.6) is 0 Å². The summed E-state index contributed by atoms with van der Waals surface area (Å²) in [5.74, 6) is -0.960. The number of aliphatic hydroxyl groups is 1. The van der Waals surface area contributed by atoms with Gasteiger partial charge in [-0.3, -0.25) is 4.79 Å². The Bertz CT molecular complexity index is 696. The predicted octanol–water partition coefficient (Wildman–Crippen LogP) is 2.66. The van der Waals surface area contributed by atoms with Gasteiger partial charge in [-0.25, -0.2) is 4.68 Å². The van der Waals surface area contributed by atoms with Crippen LogP contribution in [0.25, 0.3) is 5.69 Å². The van der Waals surface area contributed by atoms with Crippen LogP contribution in [-0.2, 0) is 6.18 Å². The van der Waals surface area contributed by atoms with Crippen LogP contribution in [-0.4, -0.2) is 33.4 Å². The lowest BCUT2D eigenvalue weighted by molar-refractivity contribution is -0.143. The van der Waals surface area contributed by atoms with E-state index < -0.39 is 29.4 Å².